The van der Waals surface area contributed by atoms with Gasteiger partial charge in [0.1, 0.15) is 0 Å². The summed E-state index contributed by atoms with van der Waals surface area (Å²) < 4.78 is 0. The van der Waals surface area contributed by atoms with E-state index in [9.17, 15) is 5.11 Å². The lowest BCUT2D eigenvalue weighted by molar-refractivity contribution is -0.0337. The van der Waals surface area contributed by atoms with E-state index in [0.29, 0.717) is 0 Å². The molecule has 2 aromatic carbocycles. The van der Waals surface area contributed by atoms with Gasteiger partial charge in [-0.2, -0.15) is 0 Å². The van der Waals surface area contributed by atoms with Gasteiger partial charge in [-0.1, -0.05) is 86.0 Å². The van der Waals surface area contributed by atoms with Crippen LogP contribution in [0.1, 0.15) is 54.7 Å². The van der Waals surface area contributed by atoms with E-state index in [2.05, 4.69) is 77.5 Å². The quantitative estimate of drug-likeness (QED) is 0.539. The van der Waals surface area contributed by atoms with Crippen molar-refractivity contribution in [1.29, 1.82) is 0 Å². The van der Waals surface area contributed by atoms with Crippen LogP contribution >= 0.6 is 24.8 Å². The van der Waals surface area contributed by atoms with Gasteiger partial charge in [0.05, 0.1) is 5.60 Å². The normalized spacial score (nSPS) is 20.3. The summed E-state index contributed by atoms with van der Waals surface area (Å²) in [6, 6.07) is 19.3. The molecule has 1 atom stereocenters. The monoisotopic (exact) mass is 476 g/mol. The fraction of sp³-hybridized carbons (Fsp3) is 0.481. The SMILES string of the molecule is CN1CCN(CC(c2ccc(C=Cc3ccccc3)cc2)C2(O)CCCCC2)CC1.Cl.Cl. The van der Waals surface area contributed by atoms with Gasteiger partial charge in [-0.3, -0.25) is 0 Å². The first-order chi connectivity index (χ1) is 14.6. The van der Waals surface area contributed by atoms with E-state index in [-0.39, 0.29) is 30.7 Å². The van der Waals surface area contributed by atoms with Crippen LogP contribution in [0.15, 0.2) is 54.6 Å². The fourth-order valence-corrected chi connectivity index (χ4v) is 4.98. The molecule has 1 saturated heterocycles. The summed E-state index contributed by atoms with van der Waals surface area (Å²) in [5.74, 6) is 0.188. The van der Waals surface area contributed by atoms with Crippen LogP contribution in [0.4, 0.5) is 0 Å². The summed E-state index contributed by atoms with van der Waals surface area (Å²) in [4.78, 5) is 4.95. The summed E-state index contributed by atoms with van der Waals surface area (Å²) in [6.45, 7) is 5.40. The largest absolute Gasteiger partial charge is 0.389 e. The highest BCUT2D eigenvalue weighted by atomic mass is 35.5. The summed E-state index contributed by atoms with van der Waals surface area (Å²) in [5.41, 5.74) is 3.14. The predicted octanol–water partition coefficient (Wildman–Crippen LogP) is 5.73. The molecule has 1 unspecified atom stereocenters. The molecule has 1 heterocycles. The van der Waals surface area contributed by atoms with E-state index in [1.165, 1.54) is 23.1 Å². The summed E-state index contributed by atoms with van der Waals surface area (Å²) in [7, 11) is 2.20. The summed E-state index contributed by atoms with van der Waals surface area (Å²) in [5, 5.41) is 11.6. The maximum absolute atomic E-state index is 11.6. The van der Waals surface area contributed by atoms with Gasteiger partial charge in [-0.25, -0.2) is 0 Å². The van der Waals surface area contributed by atoms with E-state index in [1.54, 1.807) is 0 Å². The van der Waals surface area contributed by atoms with Crippen molar-refractivity contribution in [2.45, 2.75) is 43.6 Å². The molecule has 1 N–H and O–H groups in total. The third-order valence-electron chi connectivity index (χ3n) is 7.01. The van der Waals surface area contributed by atoms with E-state index in [1.807, 2.05) is 6.07 Å². The van der Waals surface area contributed by atoms with Crippen molar-refractivity contribution >= 4 is 37.0 Å². The fourth-order valence-electron chi connectivity index (χ4n) is 4.98. The molecule has 0 aromatic heterocycles. The van der Waals surface area contributed by atoms with Crippen LogP contribution in [0, 0.1) is 0 Å². The smallest absolute Gasteiger partial charge is 0.0728 e. The molecular formula is C27H38Cl2N2O. The molecule has 3 nitrogen and oxygen atoms in total. The van der Waals surface area contributed by atoms with Crippen molar-refractivity contribution in [1.82, 2.24) is 9.80 Å². The Morgan fingerprint density at radius 1 is 0.812 bits per heavy atom. The third-order valence-corrected chi connectivity index (χ3v) is 7.01. The van der Waals surface area contributed by atoms with Gasteiger partial charge in [0.15, 0.2) is 0 Å². The molecule has 0 bridgehead atoms. The van der Waals surface area contributed by atoms with Crippen molar-refractivity contribution < 1.29 is 5.11 Å². The molecule has 1 saturated carbocycles. The van der Waals surface area contributed by atoms with Crippen LogP contribution in [0.5, 0.6) is 0 Å². The van der Waals surface area contributed by atoms with Gasteiger partial charge in [0.25, 0.3) is 0 Å². The topological polar surface area (TPSA) is 26.7 Å². The molecule has 32 heavy (non-hydrogen) atoms. The molecule has 4 rings (SSSR count). The number of halogens is 2. The zero-order valence-corrected chi connectivity index (χ0v) is 20.8. The number of aliphatic hydroxyl groups is 1. The van der Waals surface area contributed by atoms with Gasteiger partial charge >= 0.3 is 0 Å². The Kier molecular flexibility index (Phi) is 10.7. The number of benzene rings is 2. The molecular weight excluding hydrogens is 439 g/mol. The van der Waals surface area contributed by atoms with Crippen LogP contribution in [-0.4, -0.2) is 60.3 Å². The number of hydrogen-bond donors (Lipinski definition) is 1. The van der Waals surface area contributed by atoms with Gasteiger partial charge in [0.2, 0.25) is 0 Å². The molecule has 5 heteroatoms. The Labute approximate surface area is 206 Å². The predicted molar refractivity (Wildman–Crippen MR) is 141 cm³/mol. The molecule has 0 spiro atoms. The number of hydrogen-bond acceptors (Lipinski definition) is 3. The average molecular weight is 478 g/mol. The maximum atomic E-state index is 11.6. The van der Waals surface area contributed by atoms with E-state index in [0.717, 1.165) is 58.4 Å². The van der Waals surface area contributed by atoms with Crippen molar-refractivity contribution in [3.63, 3.8) is 0 Å². The second-order valence-electron chi connectivity index (χ2n) is 9.23. The highest BCUT2D eigenvalue weighted by Gasteiger charge is 2.39. The first-order valence-electron chi connectivity index (χ1n) is 11.6. The Balaban J connectivity index is 0.00000181. The molecule has 0 radical (unpaired) electrons. The first-order valence-corrected chi connectivity index (χ1v) is 11.6. The first kappa shape index (κ1) is 26.9. The molecule has 1 aliphatic carbocycles. The maximum Gasteiger partial charge on any atom is 0.0728 e. The van der Waals surface area contributed by atoms with Crippen LogP contribution in [0.3, 0.4) is 0 Å². The molecule has 2 fully saturated rings. The molecule has 0 amide bonds. The lowest BCUT2D eigenvalue weighted by Gasteiger charge is -2.43. The van der Waals surface area contributed by atoms with Crippen molar-refractivity contribution in [2.75, 3.05) is 39.8 Å². The van der Waals surface area contributed by atoms with E-state index in [4.69, 9.17) is 0 Å². The second-order valence-corrected chi connectivity index (χ2v) is 9.23. The van der Waals surface area contributed by atoms with Gasteiger partial charge < -0.3 is 14.9 Å². The van der Waals surface area contributed by atoms with Crippen LogP contribution in [-0.2, 0) is 0 Å². The zero-order valence-electron chi connectivity index (χ0n) is 19.2. The van der Waals surface area contributed by atoms with Crippen LogP contribution < -0.4 is 0 Å². The lowest BCUT2D eigenvalue weighted by Crippen LogP contribution is -2.50. The van der Waals surface area contributed by atoms with Gasteiger partial charge in [0, 0.05) is 38.6 Å². The third kappa shape index (κ3) is 7.07. The highest BCUT2D eigenvalue weighted by molar-refractivity contribution is 5.85. The Bertz CT molecular complexity index is 811. The highest BCUT2D eigenvalue weighted by Crippen LogP contribution is 2.40. The standard InChI is InChI=1S/C27H36N2O.2ClH/c1-28-18-20-29(21-19-28)22-26(27(30)16-6-3-7-17-27)25-14-12-24(13-15-25)11-10-23-8-4-2-5-9-23;;/h2,4-5,8-15,26,30H,3,6-7,16-22H2,1H3;2*1H. The summed E-state index contributed by atoms with van der Waals surface area (Å²) in [6.07, 6.45) is 9.74. The van der Waals surface area contributed by atoms with E-state index < -0.39 is 5.60 Å². The van der Waals surface area contributed by atoms with E-state index >= 15 is 0 Å². The number of rotatable bonds is 6. The Morgan fingerprint density at radius 3 is 1.97 bits per heavy atom. The van der Waals surface area contributed by atoms with Crippen molar-refractivity contribution in [3.8, 4) is 0 Å². The second kappa shape index (κ2) is 12.8. The minimum atomic E-state index is -0.566. The Hall–Kier alpha value is -1.36. The van der Waals surface area contributed by atoms with Gasteiger partial charge in [-0.15, -0.1) is 24.8 Å². The average Bonchev–Trinajstić information content (AvgIpc) is 2.79. The van der Waals surface area contributed by atoms with Gasteiger partial charge in [-0.05, 0) is 36.6 Å². The molecule has 1 aliphatic heterocycles. The van der Waals surface area contributed by atoms with Crippen LogP contribution in [0.25, 0.3) is 12.2 Å². The zero-order chi connectivity index (χ0) is 20.8. The number of likely N-dealkylation sites (N-methyl/N-ethyl adjacent to an activating group) is 1. The number of nitrogens with zero attached hydrogens (tertiary/aromatic N) is 2. The van der Waals surface area contributed by atoms with Crippen LogP contribution in [0.2, 0.25) is 0 Å². The minimum absolute atomic E-state index is 0. The lowest BCUT2D eigenvalue weighted by atomic mass is 9.72. The molecule has 176 valence electrons. The van der Waals surface area contributed by atoms with Crippen molar-refractivity contribution in [2.24, 2.45) is 0 Å². The number of piperazine rings is 1. The molecule has 2 aromatic rings. The minimum Gasteiger partial charge on any atom is -0.389 e. The van der Waals surface area contributed by atoms with Crippen molar-refractivity contribution in [3.05, 3.63) is 71.3 Å². The summed E-state index contributed by atoms with van der Waals surface area (Å²) >= 11 is 0. The molecule has 2 aliphatic rings. The Morgan fingerprint density at radius 2 is 1.38 bits per heavy atom.